The Morgan fingerprint density at radius 2 is 1.62 bits per heavy atom. The zero-order valence-electron chi connectivity index (χ0n) is 4.65. The molecule has 0 amide bonds. The summed E-state index contributed by atoms with van der Waals surface area (Å²) in [5.41, 5.74) is -1.15. The van der Waals surface area contributed by atoms with Crippen LogP contribution < -0.4 is 0 Å². The summed E-state index contributed by atoms with van der Waals surface area (Å²) in [7, 11) is 0. The summed E-state index contributed by atoms with van der Waals surface area (Å²) in [6.07, 6.45) is 0. The van der Waals surface area contributed by atoms with E-state index < -0.39 is 5.60 Å². The number of hydrogen-bond donors (Lipinski definition) is 1. The Bertz CT molecular complexity index is 81.0. The molecule has 0 heterocycles. The SMILES string of the molecule is CC(C)(O)C#N.II. The van der Waals surface area contributed by atoms with Crippen molar-refractivity contribution in [3.8, 4) is 6.07 Å². The highest BCUT2D eigenvalue weighted by molar-refractivity contribution is 15.0. The van der Waals surface area contributed by atoms with Gasteiger partial charge in [-0.3, -0.25) is 0 Å². The molecule has 1 N–H and O–H groups in total. The van der Waals surface area contributed by atoms with Crippen LogP contribution in [-0.2, 0) is 0 Å². The number of nitriles is 1. The Balaban J connectivity index is 0. The highest BCUT2D eigenvalue weighted by Gasteiger charge is 2.07. The Kier molecular flexibility index (Phi) is 8.81. The van der Waals surface area contributed by atoms with Crippen molar-refractivity contribution in [1.82, 2.24) is 0 Å². The summed E-state index contributed by atoms with van der Waals surface area (Å²) in [6, 6.07) is 1.66. The molecule has 0 saturated heterocycles. The van der Waals surface area contributed by atoms with Gasteiger partial charge >= 0.3 is 0 Å². The number of halogens is 2. The first kappa shape index (κ1) is 11.7. The lowest BCUT2D eigenvalue weighted by molar-refractivity contribution is 0.141. The van der Waals surface area contributed by atoms with Gasteiger partial charge in [-0.05, 0) is 13.8 Å². The van der Waals surface area contributed by atoms with E-state index in [1.54, 1.807) is 6.07 Å². The molecule has 4 heteroatoms. The number of rotatable bonds is 0. The van der Waals surface area contributed by atoms with Gasteiger partial charge in [0.05, 0.1) is 6.07 Å². The van der Waals surface area contributed by atoms with E-state index in [9.17, 15) is 0 Å². The third-order valence-electron chi connectivity index (χ3n) is 0.274. The quantitative estimate of drug-likeness (QED) is 0.542. The molecule has 0 atom stereocenters. The fourth-order valence-electron chi connectivity index (χ4n) is 0. The lowest BCUT2D eigenvalue weighted by Crippen LogP contribution is -2.13. The van der Waals surface area contributed by atoms with Crippen LogP contribution >= 0.6 is 37.2 Å². The van der Waals surface area contributed by atoms with Crippen molar-refractivity contribution in [2.45, 2.75) is 19.4 Å². The number of aliphatic hydroxyl groups is 1. The molecule has 0 spiro atoms. The average molecular weight is 339 g/mol. The van der Waals surface area contributed by atoms with Crippen LogP contribution in [-0.4, -0.2) is 10.7 Å². The number of hydrogen-bond acceptors (Lipinski definition) is 2. The maximum atomic E-state index is 8.47. The van der Waals surface area contributed by atoms with Crippen LogP contribution in [0.4, 0.5) is 0 Å². The average Bonchev–Trinajstić information content (AvgIpc) is 1.71. The third-order valence-corrected chi connectivity index (χ3v) is 0.274. The molecular weight excluding hydrogens is 332 g/mol. The Morgan fingerprint density at radius 3 is 1.62 bits per heavy atom. The monoisotopic (exact) mass is 339 g/mol. The van der Waals surface area contributed by atoms with E-state index in [-0.39, 0.29) is 0 Å². The highest BCUT2D eigenvalue weighted by atomic mass is 128. The maximum Gasteiger partial charge on any atom is 0.145 e. The van der Waals surface area contributed by atoms with Crippen molar-refractivity contribution in [2.24, 2.45) is 0 Å². The predicted octanol–water partition coefficient (Wildman–Crippen LogP) is 2.05. The van der Waals surface area contributed by atoms with Gasteiger partial charge in [0.1, 0.15) is 5.60 Å². The smallest absolute Gasteiger partial charge is 0.145 e. The minimum atomic E-state index is -1.15. The van der Waals surface area contributed by atoms with Gasteiger partial charge in [0.15, 0.2) is 0 Å². The zero-order chi connectivity index (χ0) is 7.21. The first-order valence-corrected chi connectivity index (χ1v) is 8.13. The fourth-order valence-corrected chi connectivity index (χ4v) is 0. The van der Waals surface area contributed by atoms with E-state index in [4.69, 9.17) is 10.4 Å². The summed E-state index contributed by atoms with van der Waals surface area (Å²) in [6.45, 7) is 2.88. The van der Waals surface area contributed by atoms with E-state index in [1.807, 2.05) is 0 Å². The van der Waals surface area contributed by atoms with Crippen LogP contribution in [0.1, 0.15) is 13.8 Å². The zero-order valence-corrected chi connectivity index (χ0v) is 8.97. The van der Waals surface area contributed by atoms with Gasteiger partial charge in [0.25, 0.3) is 0 Å². The molecule has 0 bridgehead atoms. The molecule has 0 aliphatic rings. The van der Waals surface area contributed by atoms with E-state index in [0.717, 1.165) is 0 Å². The van der Waals surface area contributed by atoms with Crippen molar-refractivity contribution < 1.29 is 5.11 Å². The lowest BCUT2D eigenvalue weighted by Gasteiger charge is -2.00. The van der Waals surface area contributed by atoms with Crippen LogP contribution in [0, 0.1) is 11.3 Å². The van der Waals surface area contributed by atoms with Crippen molar-refractivity contribution in [2.75, 3.05) is 0 Å². The van der Waals surface area contributed by atoms with Crippen molar-refractivity contribution >= 4 is 37.2 Å². The summed E-state index contributed by atoms with van der Waals surface area (Å²) in [5, 5.41) is 16.4. The molecule has 0 aliphatic heterocycles. The second-order valence-corrected chi connectivity index (χ2v) is 1.67. The minimum absolute atomic E-state index is 1.15. The fraction of sp³-hybridized carbons (Fsp3) is 0.750. The van der Waals surface area contributed by atoms with Gasteiger partial charge in [-0.25, -0.2) is 0 Å². The van der Waals surface area contributed by atoms with Gasteiger partial charge in [-0.1, -0.05) is 0 Å². The molecule has 0 fully saturated rings. The summed E-state index contributed by atoms with van der Waals surface area (Å²) in [4.78, 5) is 0. The molecule has 0 aromatic heterocycles. The van der Waals surface area contributed by atoms with Gasteiger partial charge in [-0.15, -0.1) is 0 Å². The summed E-state index contributed by atoms with van der Waals surface area (Å²) >= 11 is 4.24. The van der Waals surface area contributed by atoms with Crippen LogP contribution in [0.2, 0.25) is 0 Å². The van der Waals surface area contributed by atoms with Crippen molar-refractivity contribution in [1.29, 1.82) is 5.26 Å². The molecule has 0 radical (unpaired) electrons. The van der Waals surface area contributed by atoms with E-state index in [2.05, 4.69) is 37.2 Å². The Hall–Kier alpha value is 0.910. The molecule has 0 unspecified atom stereocenters. The first-order chi connectivity index (χ1) is 3.56. The topological polar surface area (TPSA) is 44.0 Å². The van der Waals surface area contributed by atoms with E-state index in [0.29, 0.717) is 0 Å². The highest BCUT2D eigenvalue weighted by Crippen LogP contribution is 1.93. The Morgan fingerprint density at radius 1 is 1.50 bits per heavy atom. The third kappa shape index (κ3) is 15.8. The normalized spacial score (nSPS) is 8.50. The van der Waals surface area contributed by atoms with Crippen molar-refractivity contribution in [3.63, 3.8) is 0 Å². The summed E-state index contributed by atoms with van der Waals surface area (Å²) in [5.74, 6) is 0. The molecule has 2 nitrogen and oxygen atoms in total. The van der Waals surface area contributed by atoms with Crippen LogP contribution in [0.15, 0.2) is 0 Å². The molecule has 0 aliphatic carbocycles. The van der Waals surface area contributed by atoms with Gasteiger partial charge in [0, 0.05) is 37.2 Å². The van der Waals surface area contributed by atoms with Gasteiger partial charge in [0.2, 0.25) is 0 Å². The van der Waals surface area contributed by atoms with E-state index >= 15 is 0 Å². The van der Waals surface area contributed by atoms with Crippen LogP contribution in [0.25, 0.3) is 0 Å². The maximum absolute atomic E-state index is 8.47. The van der Waals surface area contributed by atoms with Crippen molar-refractivity contribution in [3.05, 3.63) is 0 Å². The van der Waals surface area contributed by atoms with E-state index in [1.165, 1.54) is 13.8 Å². The molecule has 0 saturated carbocycles. The summed E-state index contributed by atoms with van der Waals surface area (Å²) < 4.78 is 0. The molecule has 0 aromatic rings. The molecule has 48 valence electrons. The second kappa shape index (κ2) is 6.04. The predicted molar refractivity (Wildman–Crippen MR) is 50.0 cm³/mol. The molecular formula is C4H7I2NO. The van der Waals surface area contributed by atoms with Gasteiger partial charge in [-0.2, -0.15) is 5.26 Å². The standard InChI is InChI=1S/C4H7NO.I2/c1-4(2,6)3-5;1-2/h6H,1-2H3;. The molecule has 0 rings (SSSR count). The van der Waals surface area contributed by atoms with Crippen LogP contribution in [0.3, 0.4) is 0 Å². The first-order valence-electron chi connectivity index (χ1n) is 1.84. The second-order valence-electron chi connectivity index (χ2n) is 1.67. The minimum Gasteiger partial charge on any atom is -0.376 e. The molecule has 8 heavy (non-hydrogen) atoms. The lowest BCUT2D eigenvalue weighted by atomic mass is 10.2. The van der Waals surface area contributed by atoms with Crippen LogP contribution in [0.5, 0.6) is 0 Å². The Labute approximate surface area is 72.6 Å². The van der Waals surface area contributed by atoms with Gasteiger partial charge < -0.3 is 5.11 Å². The number of nitrogens with zero attached hydrogens (tertiary/aromatic N) is 1. The molecule has 0 aromatic carbocycles. The largest absolute Gasteiger partial charge is 0.376 e.